The van der Waals surface area contributed by atoms with Gasteiger partial charge in [-0.15, -0.1) is 0 Å². The zero-order chi connectivity index (χ0) is 22.8. The summed E-state index contributed by atoms with van der Waals surface area (Å²) in [6.45, 7) is 0. The summed E-state index contributed by atoms with van der Waals surface area (Å²) in [7, 11) is -3.31. The molecule has 1 aliphatic heterocycles. The van der Waals surface area contributed by atoms with Gasteiger partial charge in [-0.05, 0) is 43.5 Å². The minimum absolute atomic E-state index is 0.0447. The van der Waals surface area contributed by atoms with E-state index in [2.05, 4.69) is 10.6 Å². The molecule has 2 aromatic carbocycles. The molecule has 1 heterocycles. The van der Waals surface area contributed by atoms with Crippen LogP contribution in [0.5, 0.6) is 11.5 Å². The molecule has 8 nitrogen and oxygen atoms in total. The number of anilines is 1. The Hall–Kier alpha value is -3.07. The third kappa shape index (κ3) is 5.21. The van der Waals surface area contributed by atoms with Crippen molar-refractivity contribution < 1.29 is 27.5 Å². The van der Waals surface area contributed by atoms with E-state index in [9.17, 15) is 18.0 Å². The van der Waals surface area contributed by atoms with Crippen molar-refractivity contribution in [3.8, 4) is 11.5 Å². The van der Waals surface area contributed by atoms with E-state index in [1.54, 1.807) is 48.5 Å². The minimum atomic E-state index is -3.31. The molecule has 2 aliphatic rings. The van der Waals surface area contributed by atoms with Crippen LogP contribution >= 0.6 is 0 Å². The maximum atomic E-state index is 13.0. The summed E-state index contributed by atoms with van der Waals surface area (Å²) < 4.78 is 35.3. The lowest BCUT2D eigenvalue weighted by Gasteiger charge is -2.21. The highest BCUT2D eigenvalue weighted by molar-refractivity contribution is 7.90. The van der Waals surface area contributed by atoms with Crippen LogP contribution < -0.4 is 20.1 Å². The van der Waals surface area contributed by atoms with Crippen LogP contribution in [0, 0.1) is 0 Å². The summed E-state index contributed by atoms with van der Waals surface area (Å²) in [5, 5.41) is 5.41. The molecule has 32 heavy (non-hydrogen) atoms. The highest BCUT2D eigenvalue weighted by atomic mass is 32.2. The third-order valence-corrected chi connectivity index (χ3v) is 6.58. The van der Waals surface area contributed by atoms with E-state index in [1.165, 1.54) is 0 Å². The van der Waals surface area contributed by atoms with Crippen molar-refractivity contribution in [2.24, 2.45) is 0 Å². The molecule has 4 rings (SSSR count). The monoisotopic (exact) mass is 458 g/mol. The first kappa shape index (κ1) is 22.1. The van der Waals surface area contributed by atoms with Crippen LogP contribution in [-0.4, -0.2) is 44.1 Å². The maximum absolute atomic E-state index is 13.0. The van der Waals surface area contributed by atoms with E-state index in [1.807, 2.05) is 0 Å². The summed E-state index contributed by atoms with van der Waals surface area (Å²) >= 11 is 0. The van der Waals surface area contributed by atoms with Crippen molar-refractivity contribution in [1.29, 1.82) is 0 Å². The molecule has 2 N–H and O–H groups in total. The average molecular weight is 459 g/mol. The number of fused-ring (bicyclic) bond motifs is 1. The van der Waals surface area contributed by atoms with Gasteiger partial charge in [0, 0.05) is 36.4 Å². The van der Waals surface area contributed by atoms with E-state index in [0.29, 0.717) is 22.7 Å². The van der Waals surface area contributed by atoms with Gasteiger partial charge in [0.05, 0.1) is 5.75 Å². The lowest BCUT2D eigenvalue weighted by atomic mass is 10.1. The molecule has 9 heteroatoms. The number of nitrogens with one attached hydrogen (secondary N) is 2. The number of benzene rings is 2. The SMILES string of the molecule is CS(=O)(=O)CC[C@H](NC(=O)c1ccccc1)C(=O)Nc1ccc2c(c1)OC1(CCCC1)O2. The Balaban J connectivity index is 1.47. The van der Waals surface area contributed by atoms with Crippen molar-refractivity contribution in [2.45, 2.75) is 43.9 Å². The summed E-state index contributed by atoms with van der Waals surface area (Å²) in [5.74, 6) is -0.599. The molecular weight excluding hydrogens is 432 g/mol. The van der Waals surface area contributed by atoms with Gasteiger partial charge in [-0.2, -0.15) is 0 Å². The van der Waals surface area contributed by atoms with Gasteiger partial charge < -0.3 is 20.1 Å². The topological polar surface area (TPSA) is 111 Å². The fourth-order valence-corrected chi connectivity index (χ4v) is 4.61. The Morgan fingerprint density at radius 3 is 2.41 bits per heavy atom. The number of hydrogen-bond acceptors (Lipinski definition) is 6. The predicted molar refractivity (Wildman–Crippen MR) is 120 cm³/mol. The molecular formula is C23H26N2O6S. The first-order valence-electron chi connectivity index (χ1n) is 10.6. The Morgan fingerprint density at radius 2 is 1.72 bits per heavy atom. The lowest BCUT2D eigenvalue weighted by Crippen LogP contribution is -2.44. The van der Waals surface area contributed by atoms with Crippen LogP contribution in [-0.2, 0) is 14.6 Å². The van der Waals surface area contributed by atoms with Gasteiger partial charge in [-0.3, -0.25) is 9.59 Å². The van der Waals surface area contributed by atoms with E-state index >= 15 is 0 Å². The molecule has 0 saturated heterocycles. The quantitative estimate of drug-likeness (QED) is 0.660. The van der Waals surface area contributed by atoms with Crippen LogP contribution in [0.4, 0.5) is 5.69 Å². The Kier molecular flexibility index (Phi) is 6.10. The average Bonchev–Trinajstić information content (AvgIpc) is 3.36. The van der Waals surface area contributed by atoms with Gasteiger partial charge in [0.1, 0.15) is 15.9 Å². The molecule has 1 spiro atoms. The molecule has 0 unspecified atom stereocenters. The zero-order valence-electron chi connectivity index (χ0n) is 17.8. The molecule has 0 bridgehead atoms. The Bertz CT molecular complexity index is 1110. The molecule has 2 amide bonds. The number of amides is 2. The van der Waals surface area contributed by atoms with E-state index in [0.717, 1.165) is 31.9 Å². The van der Waals surface area contributed by atoms with Gasteiger partial charge in [0.25, 0.3) is 11.7 Å². The smallest absolute Gasteiger partial charge is 0.251 e. The largest absolute Gasteiger partial charge is 0.448 e. The van der Waals surface area contributed by atoms with Crippen molar-refractivity contribution in [3.05, 3.63) is 54.1 Å². The number of carbonyl (C=O) groups excluding carboxylic acids is 2. The van der Waals surface area contributed by atoms with Crippen LogP contribution in [0.2, 0.25) is 0 Å². The van der Waals surface area contributed by atoms with Gasteiger partial charge in [0.2, 0.25) is 5.91 Å². The second kappa shape index (κ2) is 8.82. The van der Waals surface area contributed by atoms with Crippen LogP contribution in [0.1, 0.15) is 42.5 Å². The summed E-state index contributed by atoms with van der Waals surface area (Å²) in [4.78, 5) is 25.5. The van der Waals surface area contributed by atoms with E-state index in [4.69, 9.17) is 9.47 Å². The Labute approximate surface area is 187 Å². The molecule has 1 saturated carbocycles. The number of sulfone groups is 1. The number of ether oxygens (including phenoxy) is 2. The van der Waals surface area contributed by atoms with Crippen LogP contribution in [0.25, 0.3) is 0 Å². The molecule has 0 radical (unpaired) electrons. The maximum Gasteiger partial charge on any atom is 0.251 e. The second-order valence-corrected chi connectivity index (χ2v) is 10.5. The van der Waals surface area contributed by atoms with Crippen molar-refractivity contribution >= 4 is 27.3 Å². The summed E-state index contributed by atoms with van der Waals surface area (Å²) in [5.41, 5.74) is 0.861. The van der Waals surface area contributed by atoms with Crippen molar-refractivity contribution in [3.63, 3.8) is 0 Å². The van der Waals surface area contributed by atoms with Crippen molar-refractivity contribution in [2.75, 3.05) is 17.3 Å². The molecule has 170 valence electrons. The molecule has 1 fully saturated rings. The van der Waals surface area contributed by atoms with Gasteiger partial charge in [-0.25, -0.2) is 8.42 Å². The van der Waals surface area contributed by atoms with Gasteiger partial charge >= 0.3 is 0 Å². The predicted octanol–water partition coefficient (Wildman–Crippen LogP) is 2.90. The molecule has 1 atom stereocenters. The number of hydrogen-bond donors (Lipinski definition) is 2. The fourth-order valence-electron chi connectivity index (χ4n) is 3.95. The van der Waals surface area contributed by atoms with Crippen molar-refractivity contribution in [1.82, 2.24) is 5.32 Å². The standard InChI is InChI=1S/C23H26N2O6S/c1-32(28,29)14-11-18(25-21(26)16-7-3-2-4-8-16)22(27)24-17-9-10-19-20(15-17)31-23(30-19)12-5-6-13-23/h2-4,7-10,15,18H,5-6,11-14H2,1H3,(H,24,27)(H,25,26)/t18-/m0/s1. The first-order valence-corrected chi connectivity index (χ1v) is 12.7. The zero-order valence-corrected chi connectivity index (χ0v) is 18.6. The van der Waals surface area contributed by atoms with Gasteiger partial charge in [-0.1, -0.05) is 18.2 Å². The normalized spacial score (nSPS) is 17.2. The highest BCUT2D eigenvalue weighted by Crippen LogP contribution is 2.47. The number of carbonyl (C=O) groups is 2. The second-order valence-electron chi connectivity index (χ2n) is 8.28. The van der Waals surface area contributed by atoms with Crippen LogP contribution in [0.15, 0.2) is 48.5 Å². The minimum Gasteiger partial charge on any atom is -0.448 e. The fraction of sp³-hybridized carbons (Fsp3) is 0.391. The molecule has 0 aromatic heterocycles. The summed E-state index contributed by atoms with van der Waals surface area (Å²) in [6.07, 6.45) is 4.78. The van der Waals surface area contributed by atoms with Gasteiger partial charge in [0.15, 0.2) is 11.5 Å². The Morgan fingerprint density at radius 1 is 1.03 bits per heavy atom. The lowest BCUT2D eigenvalue weighted by molar-refractivity contribution is -0.118. The highest BCUT2D eigenvalue weighted by Gasteiger charge is 2.44. The third-order valence-electron chi connectivity index (χ3n) is 5.60. The number of rotatable bonds is 7. The first-order chi connectivity index (χ1) is 15.2. The summed E-state index contributed by atoms with van der Waals surface area (Å²) in [6, 6.07) is 12.5. The molecule has 2 aromatic rings. The van der Waals surface area contributed by atoms with E-state index < -0.39 is 33.5 Å². The van der Waals surface area contributed by atoms with Crippen LogP contribution in [0.3, 0.4) is 0 Å². The van der Waals surface area contributed by atoms with E-state index in [-0.39, 0.29) is 12.2 Å². The molecule has 1 aliphatic carbocycles.